The molecular weight excluding hydrogens is 580 g/mol. The van der Waals surface area contributed by atoms with E-state index in [0.29, 0.717) is 18.5 Å². The van der Waals surface area contributed by atoms with Gasteiger partial charge in [0.05, 0.1) is 24.5 Å². The molecule has 1 saturated heterocycles. The van der Waals surface area contributed by atoms with Crippen LogP contribution < -0.4 is 20.7 Å². The second-order valence-electron chi connectivity index (χ2n) is 10.9. The zero-order chi connectivity index (χ0) is 47.7. The smallest absolute Gasteiger partial charge is 0.318 e. The minimum absolute atomic E-state index is 0.0852. The molecule has 0 aromatic heterocycles. The fourth-order valence-corrected chi connectivity index (χ4v) is 4.99. The topological polar surface area (TPSA) is 120 Å². The van der Waals surface area contributed by atoms with Gasteiger partial charge in [0.15, 0.2) is 6.61 Å². The van der Waals surface area contributed by atoms with Gasteiger partial charge in [-0.3, -0.25) is 9.59 Å². The third-order valence-electron chi connectivity index (χ3n) is 7.07. The third-order valence-corrected chi connectivity index (χ3v) is 7.07. The van der Waals surface area contributed by atoms with Gasteiger partial charge in [-0.25, -0.2) is 4.79 Å². The molecule has 0 spiro atoms. The van der Waals surface area contributed by atoms with Crippen molar-refractivity contribution in [2.45, 2.75) is 77.4 Å². The number of urea groups is 1. The van der Waals surface area contributed by atoms with E-state index in [-0.39, 0.29) is 13.0 Å². The van der Waals surface area contributed by atoms with Gasteiger partial charge in [0.2, 0.25) is 5.91 Å². The first-order valence-corrected chi connectivity index (χ1v) is 14.7. The van der Waals surface area contributed by atoms with Crippen molar-refractivity contribution in [3.8, 4) is 5.75 Å². The van der Waals surface area contributed by atoms with Gasteiger partial charge in [-0.05, 0) is 67.5 Å². The quantitative estimate of drug-likeness (QED) is 0.196. The maximum absolute atomic E-state index is 14.1. The molecule has 0 bridgehead atoms. The van der Waals surface area contributed by atoms with Gasteiger partial charge in [-0.15, -0.1) is 0 Å². The summed E-state index contributed by atoms with van der Waals surface area (Å²) in [7, 11) is 0. The number of benzene rings is 3. The number of amides is 4. The standard InChI is InChI=1S/C37H48N4O5/c1-25(2)34(41-20-12-19-38-37(41)45)36(44)39-30(21-28-15-7-5-8-16-28)23-32(42)31(22-29-17-9-6-10-18-29)40-33(43)24-46-35-26(3)13-11-14-27(35)4/h5-11,13-18,25,30-32,34,42H,12,19-24H2,1-4H3,(H,38,45)(H,39,44)(H,40,43)/t30-,31-,32-,34-/m0/s1/i3D3,4D3,6D,9D,10D,11D,13D,14D,17D,18D,22D2,31D. The lowest BCUT2D eigenvalue weighted by molar-refractivity contribution is -0.128. The number of aliphatic hydroxyl groups excluding tert-OH is 1. The maximum Gasteiger partial charge on any atom is 0.318 e. The Hall–Kier alpha value is -4.37. The van der Waals surface area contributed by atoms with Crippen LogP contribution in [0.1, 0.15) is 72.2 Å². The Balaban J connectivity index is 1.85. The summed E-state index contributed by atoms with van der Waals surface area (Å²) in [5, 5.41) is 19.5. The lowest BCUT2D eigenvalue weighted by atomic mass is 9.92. The maximum atomic E-state index is 14.1. The first-order chi connectivity index (χ1) is 29.0. The molecule has 1 fully saturated rings. The molecule has 9 heteroatoms. The molecule has 1 heterocycles. The summed E-state index contributed by atoms with van der Waals surface area (Å²) in [5.41, 5.74) is -2.88. The summed E-state index contributed by atoms with van der Waals surface area (Å²) < 4.78 is 147. The van der Waals surface area contributed by atoms with Gasteiger partial charge < -0.3 is 30.7 Å². The highest BCUT2D eigenvalue weighted by Crippen LogP contribution is 2.22. The van der Waals surface area contributed by atoms with E-state index in [4.69, 9.17) is 23.9 Å². The number of carbonyl (C=O) groups is 3. The number of carbonyl (C=O) groups excluding carboxylic acids is 3. The highest BCUT2D eigenvalue weighted by atomic mass is 16.5. The van der Waals surface area contributed by atoms with Crippen LogP contribution in [0.25, 0.3) is 0 Å². The average Bonchev–Trinajstić information content (AvgIpc) is 3.17. The van der Waals surface area contributed by atoms with Crippen molar-refractivity contribution in [1.29, 1.82) is 0 Å². The molecule has 46 heavy (non-hydrogen) atoms. The number of hydrogen-bond acceptors (Lipinski definition) is 5. The SMILES string of the molecule is [2H]c1c([2H])c([2H])c(C([2H])([2H])[C@]([2H])(NC(=O)COc2c(C([2H])([2H])[2H])c([2H])c([2H])c([2H])c2C([2H])([2H])[2H])[C@@H](O)C[C@H](Cc2ccccc2)NC(=O)[C@H](C(C)C)N2CCCNC2=O)c([2H])c1[2H]. The van der Waals surface area contributed by atoms with Gasteiger partial charge in [0.1, 0.15) is 11.8 Å². The van der Waals surface area contributed by atoms with Crippen molar-refractivity contribution in [3.63, 3.8) is 0 Å². The van der Waals surface area contributed by atoms with Crippen molar-refractivity contribution in [2.75, 3.05) is 19.7 Å². The van der Waals surface area contributed by atoms with Crippen molar-refractivity contribution >= 4 is 17.8 Å². The number of rotatable bonds is 15. The van der Waals surface area contributed by atoms with E-state index < -0.39 is 152 Å². The fraction of sp³-hybridized carbons (Fsp3) is 0.432. The van der Waals surface area contributed by atoms with E-state index in [0.717, 1.165) is 0 Å². The summed E-state index contributed by atoms with van der Waals surface area (Å²) in [6.45, 7) is -4.13. The van der Waals surface area contributed by atoms with Crippen molar-refractivity contribution in [1.82, 2.24) is 20.9 Å². The van der Waals surface area contributed by atoms with Gasteiger partial charge >= 0.3 is 6.03 Å². The van der Waals surface area contributed by atoms with Crippen LogP contribution in [0.5, 0.6) is 5.75 Å². The first-order valence-electron chi connectivity index (χ1n) is 23.2. The summed E-state index contributed by atoms with van der Waals surface area (Å²) >= 11 is 0. The van der Waals surface area contributed by atoms with Crippen LogP contribution in [0.2, 0.25) is 0 Å². The summed E-state index contributed by atoms with van der Waals surface area (Å²) in [6, 6.07) is -6.41. The zero-order valence-electron chi connectivity index (χ0n) is 42.5. The Morgan fingerprint density at radius 2 is 1.78 bits per heavy atom. The van der Waals surface area contributed by atoms with Crippen LogP contribution >= 0.6 is 0 Å². The predicted octanol–water partition coefficient (Wildman–Crippen LogP) is 4.33. The summed E-state index contributed by atoms with van der Waals surface area (Å²) in [4.78, 5) is 42.2. The number of para-hydroxylation sites is 1. The van der Waals surface area contributed by atoms with Crippen LogP contribution in [0, 0.1) is 19.6 Å². The fourth-order valence-electron chi connectivity index (χ4n) is 4.99. The molecular formula is C37H48N4O5. The molecule has 1 aliphatic heterocycles. The second kappa shape index (κ2) is 16.8. The van der Waals surface area contributed by atoms with Crippen molar-refractivity contribution < 1.29 is 47.5 Å². The number of nitrogens with zero attached hydrogens (tertiary/aromatic N) is 1. The lowest BCUT2D eigenvalue weighted by Gasteiger charge is -2.37. The normalized spacial score (nSPS) is 22.7. The molecule has 0 saturated carbocycles. The molecule has 3 aromatic carbocycles. The third kappa shape index (κ3) is 9.81. The first kappa shape index (κ1) is 18.1. The summed E-state index contributed by atoms with van der Waals surface area (Å²) in [6.07, 6.45) is -6.42. The molecule has 4 N–H and O–H groups in total. The Labute approximate surface area is 296 Å². The molecule has 0 aliphatic carbocycles. The van der Waals surface area contributed by atoms with Gasteiger partial charge in [-0.2, -0.15) is 0 Å². The molecule has 3 aromatic rings. The molecule has 246 valence electrons. The van der Waals surface area contributed by atoms with Crippen LogP contribution in [-0.4, -0.2) is 71.8 Å². The number of nitrogens with one attached hydrogen (secondary N) is 3. The van der Waals surface area contributed by atoms with E-state index in [1.165, 1.54) is 4.90 Å². The molecule has 0 unspecified atom stereocenters. The van der Waals surface area contributed by atoms with Crippen molar-refractivity contribution in [3.05, 3.63) is 101 Å². The molecule has 4 amide bonds. The molecule has 4 atom stereocenters. The number of ether oxygens (including phenoxy) is 1. The highest BCUT2D eigenvalue weighted by Gasteiger charge is 2.35. The highest BCUT2D eigenvalue weighted by molar-refractivity contribution is 5.87. The van der Waals surface area contributed by atoms with Crippen LogP contribution in [-0.2, 0) is 22.4 Å². The largest absolute Gasteiger partial charge is 0.483 e. The number of aliphatic hydroxyl groups is 1. The second-order valence-corrected chi connectivity index (χ2v) is 10.9. The average molecular weight is 646 g/mol. The molecule has 1 aliphatic rings. The lowest BCUT2D eigenvalue weighted by Crippen LogP contribution is -2.59. The zero-order valence-corrected chi connectivity index (χ0v) is 25.5. The summed E-state index contributed by atoms with van der Waals surface area (Å²) in [5.74, 6) is -3.86. The minimum Gasteiger partial charge on any atom is -0.483 e. The van der Waals surface area contributed by atoms with Crippen molar-refractivity contribution in [2.24, 2.45) is 5.92 Å². The Bertz CT molecular complexity index is 2140. The van der Waals surface area contributed by atoms with Gasteiger partial charge in [-0.1, -0.05) is 92.5 Å². The Morgan fingerprint density at radius 3 is 2.43 bits per heavy atom. The van der Waals surface area contributed by atoms with Gasteiger partial charge in [0.25, 0.3) is 5.91 Å². The van der Waals surface area contributed by atoms with E-state index in [1.54, 1.807) is 44.2 Å². The van der Waals surface area contributed by atoms with Crippen LogP contribution in [0.4, 0.5) is 4.79 Å². The molecule has 9 nitrogen and oxygen atoms in total. The Kier molecular flexibility index (Phi) is 6.61. The van der Waals surface area contributed by atoms with E-state index in [9.17, 15) is 23.6 Å². The van der Waals surface area contributed by atoms with E-state index in [2.05, 4.69) is 10.6 Å². The van der Waals surface area contributed by atoms with E-state index >= 15 is 0 Å². The number of hydrogen-bond donors (Lipinski definition) is 4. The van der Waals surface area contributed by atoms with Crippen LogP contribution in [0.3, 0.4) is 0 Å². The monoisotopic (exact) mass is 645 g/mol. The molecule has 4 rings (SSSR count). The van der Waals surface area contributed by atoms with Crippen LogP contribution in [0.15, 0.2) is 78.7 Å². The van der Waals surface area contributed by atoms with E-state index in [1.807, 2.05) is 5.32 Å². The molecule has 0 radical (unpaired) electrons. The van der Waals surface area contributed by atoms with Gasteiger partial charge in [0, 0.05) is 30.1 Å². The Morgan fingerprint density at radius 1 is 1.07 bits per heavy atom. The predicted molar refractivity (Wildman–Crippen MR) is 180 cm³/mol. The minimum atomic E-state index is -3.63.